The lowest BCUT2D eigenvalue weighted by Gasteiger charge is -2.18. The minimum Gasteiger partial charge on any atom is -0.340 e. The monoisotopic (exact) mass is 306 g/mol. The Morgan fingerprint density at radius 1 is 1.09 bits per heavy atom. The Kier molecular flexibility index (Phi) is 3.81. The molecule has 0 spiro atoms. The maximum absolute atomic E-state index is 12.6. The Balaban J connectivity index is 1.73. The van der Waals surface area contributed by atoms with E-state index in [-0.39, 0.29) is 5.82 Å². The molecule has 0 atom stereocenters. The molecular formula is C15H13F3N4. The molecule has 22 heavy (non-hydrogen) atoms. The van der Waals surface area contributed by atoms with E-state index in [0.717, 1.165) is 24.8 Å². The number of anilines is 2. The van der Waals surface area contributed by atoms with Crippen molar-refractivity contribution in [1.29, 1.82) is 0 Å². The third-order valence-corrected chi connectivity index (χ3v) is 3.17. The first-order valence-corrected chi connectivity index (χ1v) is 6.68. The number of rotatable bonds is 3. The van der Waals surface area contributed by atoms with Crippen molar-refractivity contribution in [2.45, 2.75) is 6.18 Å². The average molecular weight is 306 g/mol. The molecule has 2 aromatic rings. The van der Waals surface area contributed by atoms with Crippen LogP contribution < -0.4 is 10.6 Å². The van der Waals surface area contributed by atoms with E-state index in [0.29, 0.717) is 5.69 Å². The molecule has 2 N–H and O–H groups in total. The van der Waals surface area contributed by atoms with Gasteiger partial charge in [-0.1, -0.05) is 18.2 Å². The SMILES string of the molecule is FC(F)(F)c1nccc(Nc2ccc(C=C3CNC3)cc2)n1. The van der Waals surface area contributed by atoms with Crippen LogP contribution in [0, 0.1) is 0 Å². The van der Waals surface area contributed by atoms with Crippen LogP contribution in [0.25, 0.3) is 6.08 Å². The van der Waals surface area contributed by atoms with Crippen LogP contribution in [0.3, 0.4) is 0 Å². The van der Waals surface area contributed by atoms with Gasteiger partial charge in [-0.05, 0) is 29.3 Å². The molecule has 1 fully saturated rings. The van der Waals surface area contributed by atoms with Gasteiger partial charge in [-0.2, -0.15) is 13.2 Å². The third kappa shape index (κ3) is 3.43. The highest BCUT2D eigenvalue weighted by molar-refractivity contribution is 5.61. The van der Waals surface area contributed by atoms with Gasteiger partial charge in [-0.15, -0.1) is 0 Å². The summed E-state index contributed by atoms with van der Waals surface area (Å²) >= 11 is 0. The van der Waals surface area contributed by atoms with Crippen molar-refractivity contribution in [3.63, 3.8) is 0 Å². The van der Waals surface area contributed by atoms with Gasteiger partial charge in [0.15, 0.2) is 0 Å². The first-order chi connectivity index (χ1) is 10.5. The molecule has 7 heteroatoms. The van der Waals surface area contributed by atoms with Crippen molar-refractivity contribution in [2.75, 3.05) is 18.4 Å². The number of hydrogen-bond acceptors (Lipinski definition) is 4. The van der Waals surface area contributed by atoms with Crippen LogP contribution in [0.2, 0.25) is 0 Å². The lowest BCUT2D eigenvalue weighted by Crippen LogP contribution is -2.33. The maximum Gasteiger partial charge on any atom is 0.451 e. The zero-order valence-electron chi connectivity index (χ0n) is 11.5. The summed E-state index contributed by atoms with van der Waals surface area (Å²) in [6, 6.07) is 8.80. The number of hydrogen-bond donors (Lipinski definition) is 2. The van der Waals surface area contributed by atoms with Gasteiger partial charge in [-0.3, -0.25) is 0 Å². The van der Waals surface area contributed by atoms with E-state index in [1.54, 1.807) is 12.1 Å². The lowest BCUT2D eigenvalue weighted by atomic mass is 10.1. The van der Waals surface area contributed by atoms with Gasteiger partial charge in [-0.25, -0.2) is 9.97 Å². The zero-order chi connectivity index (χ0) is 15.6. The molecule has 0 saturated carbocycles. The molecule has 4 nitrogen and oxygen atoms in total. The second kappa shape index (κ2) is 5.76. The smallest absolute Gasteiger partial charge is 0.340 e. The topological polar surface area (TPSA) is 49.8 Å². The molecule has 3 rings (SSSR count). The summed E-state index contributed by atoms with van der Waals surface area (Å²) in [5.74, 6) is -1.05. The van der Waals surface area contributed by atoms with E-state index in [1.165, 1.54) is 11.6 Å². The van der Waals surface area contributed by atoms with Crippen molar-refractivity contribution >= 4 is 17.6 Å². The molecular weight excluding hydrogens is 293 g/mol. The van der Waals surface area contributed by atoms with Crippen LogP contribution in [0.4, 0.5) is 24.7 Å². The van der Waals surface area contributed by atoms with Crippen LogP contribution >= 0.6 is 0 Å². The van der Waals surface area contributed by atoms with Crippen LogP contribution in [-0.4, -0.2) is 23.1 Å². The van der Waals surface area contributed by atoms with Gasteiger partial charge in [0, 0.05) is 25.0 Å². The number of nitrogens with zero attached hydrogens (tertiary/aromatic N) is 2. The molecule has 0 aliphatic carbocycles. The Labute approximate surface area is 125 Å². The van der Waals surface area contributed by atoms with Gasteiger partial charge in [0.2, 0.25) is 5.82 Å². The van der Waals surface area contributed by atoms with Crippen molar-refractivity contribution in [2.24, 2.45) is 0 Å². The highest BCUT2D eigenvalue weighted by Crippen LogP contribution is 2.27. The third-order valence-electron chi connectivity index (χ3n) is 3.17. The average Bonchev–Trinajstić information content (AvgIpc) is 2.44. The summed E-state index contributed by atoms with van der Waals surface area (Å²) in [6.45, 7) is 1.81. The summed E-state index contributed by atoms with van der Waals surface area (Å²) in [5, 5.41) is 6.00. The lowest BCUT2D eigenvalue weighted by molar-refractivity contribution is -0.144. The molecule has 1 aliphatic heterocycles. The fourth-order valence-electron chi connectivity index (χ4n) is 1.98. The second-order valence-corrected chi connectivity index (χ2v) is 4.92. The van der Waals surface area contributed by atoms with E-state index in [1.807, 2.05) is 12.1 Å². The predicted molar refractivity (Wildman–Crippen MR) is 77.6 cm³/mol. The molecule has 1 saturated heterocycles. The van der Waals surface area contributed by atoms with E-state index >= 15 is 0 Å². The van der Waals surface area contributed by atoms with Gasteiger partial charge in [0.1, 0.15) is 5.82 Å². The van der Waals surface area contributed by atoms with Crippen LogP contribution in [0.5, 0.6) is 0 Å². The first kappa shape index (κ1) is 14.5. The van der Waals surface area contributed by atoms with Crippen molar-refractivity contribution in [3.05, 3.63) is 53.5 Å². The highest BCUT2D eigenvalue weighted by Gasteiger charge is 2.34. The maximum atomic E-state index is 12.6. The van der Waals surface area contributed by atoms with E-state index < -0.39 is 12.0 Å². The number of nitrogens with one attached hydrogen (secondary N) is 2. The summed E-state index contributed by atoms with van der Waals surface area (Å²) in [4.78, 5) is 6.69. The van der Waals surface area contributed by atoms with E-state index in [4.69, 9.17) is 0 Å². The minimum absolute atomic E-state index is 0.108. The zero-order valence-corrected chi connectivity index (χ0v) is 11.5. The quantitative estimate of drug-likeness (QED) is 0.914. The Hall–Kier alpha value is -2.41. The number of aromatic nitrogens is 2. The van der Waals surface area contributed by atoms with Crippen molar-refractivity contribution in [3.8, 4) is 0 Å². The number of benzene rings is 1. The Bertz CT molecular complexity index is 687. The van der Waals surface area contributed by atoms with Crippen LogP contribution in [-0.2, 0) is 6.18 Å². The second-order valence-electron chi connectivity index (χ2n) is 4.92. The summed E-state index contributed by atoms with van der Waals surface area (Å²) in [6.07, 6.45) is -1.38. The van der Waals surface area contributed by atoms with Crippen LogP contribution in [0.15, 0.2) is 42.1 Å². The molecule has 0 unspecified atom stereocenters. The fraction of sp³-hybridized carbons (Fsp3) is 0.200. The Morgan fingerprint density at radius 3 is 2.41 bits per heavy atom. The number of halogens is 3. The highest BCUT2D eigenvalue weighted by atomic mass is 19.4. The van der Waals surface area contributed by atoms with Gasteiger partial charge in [0.25, 0.3) is 0 Å². The number of alkyl halides is 3. The van der Waals surface area contributed by atoms with Gasteiger partial charge >= 0.3 is 6.18 Å². The van der Waals surface area contributed by atoms with E-state index in [9.17, 15) is 13.2 Å². The molecule has 114 valence electrons. The normalized spacial score (nSPS) is 14.4. The largest absolute Gasteiger partial charge is 0.451 e. The van der Waals surface area contributed by atoms with Gasteiger partial charge < -0.3 is 10.6 Å². The molecule has 0 bridgehead atoms. The minimum atomic E-state index is -4.55. The van der Waals surface area contributed by atoms with E-state index in [2.05, 4.69) is 26.7 Å². The fourth-order valence-corrected chi connectivity index (χ4v) is 1.98. The van der Waals surface area contributed by atoms with Crippen molar-refractivity contribution < 1.29 is 13.2 Å². The standard InChI is InChI=1S/C15H13F3N4/c16-15(17,18)14-20-6-5-13(22-14)21-12-3-1-10(2-4-12)7-11-8-19-9-11/h1-7,19H,8-9H2,(H,20,21,22). The molecule has 0 amide bonds. The predicted octanol–water partition coefficient (Wildman–Crippen LogP) is 3.23. The molecule has 0 radical (unpaired) electrons. The molecule has 2 heterocycles. The Morgan fingerprint density at radius 2 is 1.82 bits per heavy atom. The summed E-state index contributed by atoms with van der Waals surface area (Å²) < 4.78 is 37.7. The summed E-state index contributed by atoms with van der Waals surface area (Å²) in [5.41, 5.74) is 3.05. The first-order valence-electron chi connectivity index (χ1n) is 6.68. The van der Waals surface area contributed by atoms with Crippen LogP contribution in [0.1, 0.15) is 11.4 Å². The molecule has 1 aromatic heterocycles. The summed E-state index contributed by atoms with van der Waals surface area (Å²) in [7, 11) is 0. The molecule has 1 aromatic carbocycles. The molecule has 1 aliphatic rings. The van der Waals surface area contributed by atoms with Crippen molar-refractivity contribution in [1.82, 2.24) is 15.3 Å². The van der Waals surface area contributed by atoms with Gasteiger partial charge in [0.05, 0.1) is 0 Å².